The molecule has 0 unspecified atom stereocenters. The number of ether oxygens (including phenoxy) is 2. The summed E-state index contributed by atoms with van der Waals surface area (Å²) in [5, 5.41) is 7.10. The lowest BCUT2D eigenvalue weighted by Crippen LogP contribution is -2.24. The number of amides is 2. The molecule has 7 heteroatoms. The van der Waals surface area contributed by atoms with Gasteiger partial charge in [-0.3, -0.25) is 0 Å². The van der Waals surface area contributed by atoms with Crippen molar-refractivity contribution in [3.8, 4) is 11.5 Å². The Hall–Kier alpha value is -2.73. The van der Waals surface area contributed by atoms with Gasteiger partial charge in [-0.1, -0.05) is 24.6 Å². The monoisotopic (exact) mass is 361 g/mol. The average molecular weight is 362 g/mol. The number of urea groups is 1. The molecule has 0 saturated carbocycles. The summed E-state index contributed by atoms with van der Waals surface area (Å²) in [4.78, 5) is 11.8. The number of carbonyl (C=O) groups excluding carboxylic acids is 1. The molecular formula is C18H20ClN3O3. The predicted molar refractivity (Wildman–Crippen MR) is 100.0 cm³/mol. The number of methoxy groups -OCH3 is 1. The van der Waals surface area contributed by atoms with Gasteiger partial charge in [-0.25, -0.2) is 10.2 Å². The second kappa shape index (κ2) is 9.54. The number of nitrogens with zero attached hydrogens (tertiary/aromatic N) is 1. The van der Waals surface area contributed by atoms with E-state index in [4.69, 9.17) is 21.1 Å². The number of rotatable bonds is 7. The van der Waals surface area contributed by atoms with Gasteiger partial charge in [0, 0.05) is 10.7 Å². The Morgan fingerprint density at radius 3 is 2.80 bits per heavy atom. The second-order valence-corrected chi connectivity index (χ2v) is 5.53. The Morgan fingerprint density at radius 2 is 2.08 bits per heavy atom. The highest BCUT2D eigenvalue weighted by Gasteiger charge is 2.05. The van der Waals surface area contributed by atoms with E-state index in [1.54, 1.807) is 43.5 Å². The van der Waals surface area contributed by atoms with Crippen LogP contribution < -0.4 is 20.2 Å². The zero-order valence-corrected chi connectivity index (χ0v) is 14.8. The topological polar surface area (TPSA) is 72.0 Å². The fourth-order valence-electron chi connectivity index (χ4n) is 1.99. The zero-order chi connectivity index (χ0) is 18.1. The molecule has 0 saturated heterocycles. The Bertz CT molecular complexity index is 750. The molecule has 0 aliphatic heterocycles. The van der Waals surface area contributed by atoms with E-state index in [1.807, 2.05) is 13.0 Å². The fourth-order valence-corrected chi connectivity index (χ4v) is 2.18. The highest BCUT2D eigenvalue weighted by Crippen LogP contribution is 2.27. The standard InChI is InChI=1S/C18H20ClN3O3/c1-3-9-25-17-10-13(7-8-16(17)24-2)12-20-22-18(23)21-15-6-4-5-14(19)11-15/h4-8,10-12H,3,9H2,1-2H3,(H2,21,22,23)/b20-12-. The van der Waals surface area contributed by atoms with Crippen LogP contribution in [0.15, 0.2) is 47.6 Å². The van der Waals surface area contributed by atoms with Gasteiger partial charge in [0.15, 0.2) is 11.5 Å². The van der Waals surface area contributed by atoms with Gasteiger partial charge in [0.05, 0.1) is 19.9 Å². The Kier molecular flexibility index (Phi) is 7.10. The molecule has 0 aliphatic rings. The van der Waals surface area contributed by atoms with Crippen LogP contribution in [-0.4, -0.2) is 26.0 Å². The summed E-state index contributed by atoms with van der Waals surface area (Å²) in [5.41, 5.74) is 3.75. The molecule has 0 radical (unpaired) electrons. The maximum Gasteiger partial charge on any atom is 0.339 e. The van der Waals surface area contributed by atoms with Crippen LogP contribution in [0.25, 0.3) is 0 Å². The molecule has 0 fully saturated rings. The van der Waals surface area contributed by atoms with Gasteiger partial charge in [-0.15, -0.1) is 0 Å². The Balaban J connectivity index is 1.95. The van der Waals surface area contributed by atoms with Crippen molar-refractivity contribution in [1.82, 2.24) is 5.43 Å². The lowest BCUT2D eigenvalue weighted by molar-refractivity contribution is 0.252. The summed E-state index contributed by atoms with van der Waals surface area (Å²) in [6.45, 7) is 2.62. The number of nitrogens with one attached hydrogen (secondary N) is 2. The summed E-state index contributed by atoms with van der Waals surface area (Å²) in [6, 6.07) is 11.8. The van der Waals surface area contributed by atoms with Crippen LogP contribution in [-0.2, 0) is 0 Å². The van der Waals surface area contributed by atoms with Crippen molar-refractivity contribution in [1.29, 1.82) is 0 Å². The van der Waals surface area contributed by atoms with Crippen molar-refractivity contribution in [2.75, 3.05) is 19.0 Å². The smallest absolute Gasteiger partial charge is 0.339 e. The third-order valence-corrected chi connectivity index (χ3v) is 3.35. The van der Waals surface area contributed by atoms with Crippen LogP contribution in [0.1, 0.15) is 18.9 Å². The van der Waals surface area contributed by atoms with E-state index in [0.717, 1.165) is 12.0 Å². The molecule has 0 heterocycles. The molecule has 0 aromatic heterocycles. The van der Waals surface area contributed by atoms with E-state index in [9.17, 15) is 4.79 Å². The molecule has 0 spiro atoms. The number of anilines is 1. The average Bonchev–Trinajstić information content (AvgIpc) is 2.60. The van der Waals surface area contributed by atoms with Gasteiger partial charge >= 0.3 is 6.03 Å². The summed E-state index contributed by atoms with van der Waals surface area (Å²) in [7, 11) is 1.59. The minimum absolute atomic E-state index is 0.463. The Morgan fingerprint density at radius 1 is 1.24 bits per heavy atom. The number of hydrogen-bond donors (Lipinski definition) is 2. The number of hydrogen-bond acceptors (Lipinski definition) is 4. The van der Waals surface area contributed by atoms with Crippen LogP contribution in [0.2, 0.25) is 5.02 Å². The first-order valence-corrected chi connectivity index (χ1v) is 8.16. The van der Waals surface area contributed by atoms with E-state index in [1.165, 1.54) is 6.21 Å². The SMILES string of the molecule is CCCOc1cc(/C=N\NC(=O)Nc2cccc(Cl)c2)ccc1OC. The van der Waals surface area contributed by atoms with Crippen LogP contribution in [0.5, 0.6) is 11.5 Å². The van der Waals surface area contributed by atoms with Gasteiger partial charge in [0.25, 0.3) is 0 Å². The zero-order valence-electron chi connectivity index (χ0n) is 14.1. The van der Waals surface area contributed by atoms with Crippen LogP contribution in [0.4, 0.5) is 10.5 Å². The first-order chi connectivity index (χ1) is 12.1. The van der Waals surface area contributed by atoms with Crippen molar-refractivity contribution in [3.63, 3.8) is 0 Å². The van der Waals surface area contributed by atoms with E-state index in [2.05, 4.69) is 15.8 Å². The number of carbonyl (C=O) groups is 1. The normalized spacial score (nSPS) is 10.5. The van der Waals surface area contributed by atoms with Gasteiger partial charge in [0.1, 0.15) is 0 Å². The van der Waals surface area contributed by atoms with Crippen LogP contribution >= 0.6 is 11.6 Å². The number of halogens is 1. The number of benzene rings is 2. The van der Waals surface area contributed by atoms with E-state index in [0.29, 0.717) is 28.8 Å². The third kappa shape index (κ3) is 6.00. The predicted octanol–water partition coefficient (Wildman–Crippen LogP) is 4.29. The van der Waals surface area contributed by atoms with Crippen molar-refractivity contribution >= 4 is 29.5 Å². The largest absolute Gasteiger partial charge is 0.493 e. The molecule has 2 rings (SSSR count). The molecule has 2 N–H and O–H groups in total. The minimum atomic E-state index is -0.463. The molecule has 2 aromatic rings. The van der Waals surface area contributed by atoms with Gasteiger partial charge < -0.3 is 14.8 Å². The van der Waals surface area contributed by atoms with Crippen molar-refractivity contribution in [2.24, 2.45) is 5.10 Å². The second-order valence-electron chi connectivity index (χ2n) is 5.09. The van der Waals surface area contributed by atoms with E-state index < -0.39 is 6.03 Å². The van der Waals surface area contributed by atoms with Crippen LogP contribution in [0.3, 0.4) is 0 Å². The first kappa shape index (κ1) is 18.6. The quantitative estimate of drug-likeness (QED) is 0.570. The molecule has 2 aromatic carbocycles. The highest BCUT2D eigenvalue weighted by molar-refractivity contribution is 6.30. The molecule has 25 heavy (non-hydrogen) atoms. The fraction of sp³-hybridized carbons (Fsp3) is 0.222. The van der Waals surface area contributed by atoms with Gasteiger partial charge in [-0.05, 0) is 48.4 Å². The third-order valence-electron chi connectivity index (χ3n) is 3.11. The van der Waals surface area contributed by atoms with Crippen molar-refractivity contribution in [3.05, 3.63) is 53.1 Å². The minimum Gasteiger partial charge on any atom is -0.493 e. The van der Waals surface area contributed by atoms with E-state index in [-0.39, 0.29) is 0 Å². The molecular weight excluding hydrogens is 342 g/mol. The molecule has 6 nitrogen and oxygen atoms in total. The van der Waals surface area contributed by atoms with Crippen LogP contribution in [0, 0.1) is 0 Å². The van der Waals surface area contributed by atoms with Crippen molar-refractivity contribution in [2.45, 2.75) is 13.3 Å². The molecule has 0 aliphatic carbocycles. The lowest BCUT2D eigenvalue weighted by atomic mass is 10.2. The van der Waals surface area contributed by atoms with Gasteiger partial charge in [-0.2, -0.15) is 5.10 Å². The number of hydrazone groups is 1. The Labute approximate surface area is 151 Å². The molecule has 0 atom stereocenters. The molecule has 0 bridgehead atoms. The van der Waals surface area contributed by atoms with Crippen molar-refractivity contribution < 1.29 is 14.3 Å². The lowest BCUT2D eigenvalue weighted by Gasteiger charge is -2.10. The summed E-state index contributed by atoms with van der Waals surface area (Å²) < 4.78 is 10.9. The van der Waals surface area contributed by atoms with E-state index >= 15 is 0 Å². The molecule has 2 amide bonds. The maximum absolute atomic E-state index is 11.8. The summed E-state index contributed by atoms with van der Waals surface area (Å²) in [6.07, 6.45) is 2.42. The molecule has 132 valence electrons. The first-order valence-electron chi connectivity index (χ1n) is 7.79. The van der Waals surface area contributed by atoms with Gasteiger partial charge in [0.2, 0.25) is 0 Å². The summed E-state index contributed by atoms with van der Waals surface area (Å²) >= 11 is 5.86. The highest BCUT2D eigenvalue weighted by atomic mass is 35.5. The summed E-state index contributed by atoms with van der Waals surface area (Å²) in [5.74, 6) is 1.29. The maximum atomic E-state index is 11.8.